The van der Waals surface area contributed by atoms with Crippen LogP contribution < -0.4 is 5.32 Å². The molecule has 1 atom stereocenters. The Bertz CT molecular complexity index is 518. The van der Waals surface area contributed by atoms with Gasteiger partial charge in [-0.25, -0.2) is 4.98 Å². The Morgan fingerprint density at radius 3 is 2.79 bits per heavy atom. The molecule has 1 heterocycles. The number of aromatic amines is 1. The molecule has 4 heteroatoms. The second-order valence-corrected chi connectivity index (χ2v) is 4.86. The molecule has 4 nitrogen and oxygen atoms in total. The Labute approximate surface area is 114 Å². The summed E-state index contributed by atoms with van der Waals surface area (Å²) in [5, 5.41) is 10.7. The Kier molecular flexibility index (Phi) is 4.55. The van der Waals surface area contributed by atoms with E-state index in [0.717, 1.165) is 29.3 Å². The minimum Gasteiger partial charge on any atom is -0.382 e. The van der Waals surface area contributed by atoms with Crippen molar-refractivity contribution in [2.75, 3.05) is 5.32 Å². The Morgan fingerprint density at radius 1 is 1.32 bits per heavy atom. The molecule has 0 spiro atoms. The Hall–Kier alpha value is -1.84. The largest absolute Gasteiger partial charge is 0.382 e. The maximum Gasteiger partial charge on any atom is 0.181 e. The van der Waals surface area contributed by atoms with Gasteiger partial charge in [0.1, 0.15) is 5.82 Å². The maximum absolute atomic E-state index is 4.36. The van der Waals surface area contributed by atoms with Gasteiger partial charge in [0, 0.05) is 17.3 Å². The number of anilines is 1. The van der Waals surface area contributed by atoms with Gasteiger partial charge in [-0.1, -0.05) is 32.4 Å². The molecular weight excluding hydrogens is 236 g/mol. The lowest BCUT2D eigenvalue weighted by Crippen LogP contribution is -2.17. The lowest BCUT2D eigenvalue weighted by molar-refractivity contribution is 0.623. The predicted molar refractivity (Wildman–Crippen MR) is 79.2 cm³/mol. The number of H-pyrrole nitrogens is 1. The molecule has 0 aliphatic rings. The molecule has 0 amide bonds. The van der Waals surface area contributed by atoms with Gasteiger partial charge >= 0.3 is 0 Å². The smallest absolute Gasteiger partial charge is 0.181 e. The fourth-order valence-corrected chi connectivity index (χ4v) is 2.18. The first-order valence-electron chi connectivity index (χ1n) is 6.99. The van der Waals surface area contributed by atoms with Gasteiger partial charge in [-0.15, -0.1) is 0 Å². The number of hydrogen-bond donors (Lipinski definition) is 2. The van der Waals surface area contributed by atoms with Crippen LogP contribution in [0.1, 0.15) is 38.9 Å². The van der Waals surface area contributed by atoms with Crippen LogP contribution in [0.15, 0.2) is 24.3 Å². The number of rotatable bonds is 6. The third kappa shape index (κ3) is 3.56. The molecule has 0 aliphatic carbocycles. The molecule has 2 rings (SSSR count). The average molecular weight is 258 g/mol. The minimum atomic E-state index is 0.536. The van der Waals surface area contributed by atoms with Crippen molar-refractivity contribution in [3.8, 4) is 11.4 Å². The molecule has 0 bridgehead atoms. The molecule has 19 heavy (non-hydrogen) atoms. The first-order valence-corrected chi connectivity index (χ1v) is 6.99. The first kappa shape index (κ1) is 13.6. The summed E-state index contributed by atoms with van der Waals surface area (Å²) in [4.78, 5) is 4.36. The molecule has 2 aromatic rings. The number of aromatic nitrogens is 3. The highest BCUT2D eigenvalue weighted by Crippen LogP contribution is 2.21. The summed E-state index contributed by atoms with van der Waals surface area (Å²) in [6, 6.07) is 8.83. The van der Waals surface area contributed by atoms with Crippen molar-refractivity contribution >= 4 is 5.69 Å². The Balaban J connectivity index is 2.15. The van der Waals surface area contributed by atoms with Crippen molar-refractivity contribution in [3.05, 3.63) is 30.1 Å². The monoisotopic (exact) mass is 258 g/mol. The van der Waals surface area contributed by atoms with Crippen molar-refractivity contribution in [2.24, 2.45) is 0 Å². The van der Waals surface area contributed by atoms with Crippen LogP contribution in [0.2, 0.25) is 0 Å². The van der Waals surface area contributed by atoms with Gasteiger partial charge < -0.3 is 5.32 Å². The molecule has 0 saturated heterocycles. The van der Waals surface area contributed by atoms with E-state index in [-0.39, 0.29) is 0 Å². The van der Waals surface area contributed by atoms with Gasteiger partial charge in [-0.05, 0) is 31.9 Å². The van der Waals surface area contributed by atoms with Gasteiger partial charge in [-0.2, -0.15) is 5.10 Å². The SMILES string of the molecule is CCCC(CC)Nc1cccc(-c2n[nH]c(C)n2)c1. The molecule has 0 radical (unpaired) electrons. The highest BCUT2D eigenvalue weighted by molar-refractivity contribution is 5.62. The molecule has 1 aromatic carbocycles. The topological polar surface area (TPSA) is 53.6 Å². The van der Waals surface area contributed by atoms with E-state index in [1.54, 1.807) is 0 Å². The molecule has 1 aromatic heterocycles. The summed E-state index contributed by atoms with van der Waals surface area (Å²) in [7, 11) is 0. The fraction of sp³-hybridized carbons (Fsp3) is 0.467. The third-order valence-corrected chi connectivity index (χ3v) is 3.22. The van der Waals surface area contributed by atoms with E-state index < -0.39 is 0 Å². The first-order chi connectivity index (χ1) is 9.22. The third-order valence-electron chi connectivity index (χ3n) is 3.22. The van der Waals surface area contributed by atoms with E-state index >= 15 is 0 Å². The van der Waals surface area contributed by atoms with Crippen LogP contribution in [-0.2, 0) is 0 Å². The quantitative estimate of drug-likeness (QED) is 0.829. The second-order valence-electron chi connectivity index (χ2n) is 4.86. The zero-order chi connectivity index (χ0) is 13.7. The molecule has 0 aliphatic heterocycles. The van der Waals surface area contributed by atoms with Gasteiger partial charge in [0.05, 0.1) is 0 Å². The van der Waals surface area contributed by atoms with E-state index in [1.807, 2.05) is 19.1 Å². The maximum atomic E-state index is 4.36. The molecule has 102 valence electrons. The van der Waals surface area contributed by atoms with Gasteiger partial charge in [0.2, 0.25) is 0 Å². The van der Waals surface area contributed by atoms with Crippen molar-refractivity contribution in [2.45, 2.75) is 46.1 Å². The van der Waals surface area contributed by atoms with Crippen molar-refractivity contribution in [3.63, 3.8) is 0 Å². The standard InChI is InChI=1S/C15H22N4/c1-4-7-13(5-2)17-14-9-6-8-12(10-14)15-16-11(3)18-19-15/h6,8-10,13,17H,4-5,7H2,1-3H3,(H,16,18,19). The van der Waals surface area contributed by atoms with Crippen LogP contribution >= 0.6 is 0 Å². The van der Waals surface area contributed by atoms with Crippen LogP contribution in [0, 0.1) is 6.92 Å². The van der Waals surface area contributed by atoms with Crippen molar-refractivity contribution < 1.29 is 0 Å². The molecule has 2 N–H and O–H groups in total. The van der Waals surface area contributed by atoms with Gasteiger partial charge in [0.15, 0.2) is 5.82 Å². The highest BCUT2D eigenvalue weighted by Gasteiger charge is 2.07. The summed E-state index contributed by atoms with van der Waals surface area (Å²) in [5.41, 5.74) is 2.18. The van der Waals surface area contributed by atoms with Crippen LogP contribution in [0.4, 0.5) is 5.69 Å². The zero-order valence-corrected chi connectivity index (χ0v) is 11.9. The zero-order valence-electron chi connectivity index (χ0n) is 11.9. The van der Waals surface area contributed by atoms with Gasteiger partial charge in [0.25, 0.3) is 0 Å². The molecule has 1 unspecified atom stereocenters. The van der Waals surface area contributed by atoms with E-state index in [0.29, 0.717) is 6.04 Å². The molecule has 0 fully saturated rings. The molecular formula is C15H22N4. The van der Waals surface area contributed by atoms with E-state index in [4.69, 9.17) is 0 Å². The van der Waals surface area contributed by atoms with E-state index in [1.165, 1.54) is 12.8 Å². The van der Waals surface area contributed by atoms with Crippen LogP contribution in [0.5, 0.6) is 0 Å². The summed E-state index contributed by atoms with van der Waals surface area (Å²) in [6.07, 6.45) is 3.53. The van der Waals surface area contributed by atoms with Crippen molar-refractivity contribution in [1.29, 1.82) is 0 Å². The number of hydrogen-bond acceptors (Lipinski definition) is 3. The molecule has 0 saturated carbocycles. The average Bonchev–Trinajstić information content (AvgIpc) is 2.85. The Morgan fingerprint density at radius 2 is 2.16 bits per heavy atom. The van der Waals surface area contributed by atoms with Gasteiger partial charge in [-0.3, -0.25) is 5.10 Å². The van der Waals surface area contributed by atoms with Crippen LogP contribution in [0.3, 0.4) is 0 Å². The predicted octanol–water partition coefficient (Wildman–Crippen LogP) is 3.77. The second kappa shape index (κ2) is 6.36. The van der Waals surface area contributed by atoms with Crippen molar-refractivity contribution in [1.82, 2.24) is 15.2 Å². The lowest BCUT2D eigenvalue weighted by atomic mass is 10.1. The normalized spacial score (nSPS) is 12.4. The number of nitrogens with zero attached hydrogens (tertiary/aromatic N) is 2. The number of nitrogens with one attached hydrogen (secondary N) is 2. The fourth-order valence-electron chi connectivity index (χ4n) is 2.18. The van der Waals surface area contributed by atoms with E-state index in [9.17, 15) is 0 Å². The van der Waals surface area contributed by atoms with E-state index in [2.05, 4.69) is 46.5 Å². The number of aryl methyl sites for hydroxylation is 1. The summed E-state index contributed by atoms with van der Waals surface area (Å²) >= 11 is 0. The summed E-state index contributed by atoms with van der Waals surface area (Å²) < 4.78 is 0. The minimum absolute atomic E-state index is 0.536. The van der Waals surface area contributed by atoms with Crippen LogP contribution in [0.25, 0.3) is 11.4 Å². The highest BCUT2D eigenvalue weighted by atomic mass is 15.2. The summed E-state index contributed by atoms with van der Waals surface area (Å²) in [5.74, 6) is 1.59. The van der Waals surface area contributed by atoms with Crippen LogP contribution in [-0.4, -0.2) is 21.2 Å². The lowest BCUT2D eigenvalue weighted by Gasteiger charge is -2.17. The summed E-state index contributed by atoms with van der Waals surface area (Å²) in [6.45, 7) is 6.35. The number of benzene rings is 1.